The number of aryl methyl sites for hydroxylation is 1. The molecule has 1 aliphatic heterocycles. The molecule has 138 valence electrons. The first-order valence-corrected chi connectivity index (χ1v) is 8.82. The molecule has 1 atom stereocenters. The standard InChI is InChI=1S/C16H30N6O.HI/c1-3-6-13(8-10-23)11-18-16(17-4-2)19-12-15-21-20-14-7-5-9-22(14)15;/h13,23H,3-12H2,1-2H3,(H2,17,18,19);1H. The summed E-state index contributed by atoms with van der Waals surface area (Å²) in [5, 5.41) is 24.3. The highest BCUT2D eigenvalue weighted by Gasteiger charge is 2.16. The number of halogens is 1. The van der Waals surface area contributed by atoms with E-state index in [-0.39, 0.29) is 30.6 Å². The highest BCUT2D eigenvalue weighted by atomic mass is 127. The summed E-state index contributed by atoms with van der Waals surface area (Å²) in [5.41, 5.74) is 0. The van der Waals surface area contributed by atoms with Crippen LogP contribution in [0.3, 0.4) is 0 Å². The number of guanidine groups is 1. The van der Waals surface area contributed by atoms with Gasteiger partial charge in [0.25, 0.3) is 0 Å². The lowest BCUT2D eigenvalue weighted by Gasteiger charge is -2.18. The van der Waals surface area contributed by atoms with Crippen molar-refractivity contribution >= 4 is 29.9 Å². The third-order valence-corrected chi connectivity index (χ3v) is 4.20. The van der Waals surface area contributed by atoms with E-state index in [1.807, 2.05) is 0 Å². The average molecular weight is 450 g/mol. The van der Waals surface area contributed by atoms with E-state index in [0.29, 0.717) is 12.5 Å². The van der Waals surface area contributed by atoms with Gasteiger partial charge in [-0.2, -0.15) is 0 Å². The van der Waals surface area contributed by atoms with Crippen LogP contribution in [0.2, 0.25) is 0 Å². The average Bonchev–Trinajstić information content (AvgIpc) is 3.14. The van der Waals surface area contributed by atoms with Gasteiger partial charge in [0.15, 0.2) is 11.8 Å². The Hall–Kier alpha value is -0.900. The number of hydrogen-bond acceptors (Lipinski definition) is 4. The number of hydrogen-bond donors (Lipinski definition) is 3. The van der Waals surface area contributed by atoms with Gasteiger partial charge >= 0.3 is 0 Å². The summed E-state index contributed by atoms with van der Waals surface area (Å²) in [6.07, 6.45) is 5.25. The number of nitrogens with zero attached hydrogens (tertiary/aromatic N) is 4. The fraction of sp³-hybridized carbons (Fsp3) is 0.812. The van der Waals surface area contributed by atoms with Crippen LogP contribution in [0, 0.1) is 5.92 Å². The molecule has 2 rings (SSSR count). The van der Waals surface area contributed by atoms with E-state index in [1.54, 1.807) is 0 Å². The topological polar surface area (TPSA) is 87.4 Å². The van der Waals surface area contributed by atoms with E-state index in [0.717, 1.165) is 69.3 Å². The Labute approximate surface area is 161 Å². The van der Waals surface area contributed by atoms with Crippen LogP contribution in [0.5, 0.6) is 0 Å². The number of nitrogens with one attached hydrogen (secondary N) is 2. The lowest BCUT2D eigenvalue weighted by molar-refractivity contribution is 0.251. The van der Waals surface area contributed by atoms with Crippen molar-refractivity contribution in [2.45, 2.75) is 59.0 Å². The Morgan fingerprint density at radius 2 is 2.12 bits per heavy atom. The zero-order valence-corrected chi connectivity index (χ0v) is 17.1. The molecule has 7 nitrogen and oxygen atoms in total. The number of fused-ring (bicyclic) bond motifs is 1. The van der Waals surface area contributed by atoms with E-state index in [1.165, 1.54) is 0 Å². The van der Waals surface area contributed by atoms with Crippen molar-refractivity contribution in [1.29, 1.82) is 0 Å². The van der Waals surface area contributed by atoms with Gasteiger partial charge in [0, 0.05) is 32.7 Å². The Balaban J connectivity index is 0.00000288. The maximum absolute atomic E-state index is 9.16. The van der Waals surface area contributed by atoms with Gasteiger partial charge in [0.1, 0.15) is 12.4 Å². The minimum Gasteiger partial charge on any atom is -0.396 e. The molecule has 1 unspecified atom stereocenters. The van der Waals surface area contributed by atoms with E-state index < -0.39 is 0 Å². The summed E-state index contributed by atoms with van der Waals surface area (Å²) in [4.78, 5) is 4.63. The van der Waals surface area contributed by atoms with Crippen molar-refractivity contribution in [3.63, 3.8) is 0 Å². The molecule has 0 saturated heterocycles. The maximum atomic E-state index is 9.16. The molecule has 3 N–H and O–H groups in total. The maximum Gasteiger partial charge on any atom is 0.191 e. The molecule has 8 heteroatoms. The van der Waals surface area contributed by atoms with Crippen LogP contribution < -0.4 is 10.6 Å². The molecule has 24 heavy (non-hydrogen) atoms. The smallest absolute Gasteiger partial charge is 0.191 e. The summed E-state index contributed by atoms with van der Waals surface area (Å²) in [5.74, 6) is 3.31. The third-order valence-electron chi connectivity index (χ3n) is 4.20. The predicted molar refractivity (Wildman–Crippen MR) is 107 cm³/mol. The first kappa shape index (κ1) is 21.1. The second-order valence-electron chi connectivity index (χ2n) is 6.03. The molecule has 1 aliphatic rings. The molecule has 0 fully saturated rings. The minimum atomic E-state index is 0. The van der Waals surface area contributed by atoms with E-state index in [2.05, 4.69) is 44.2 Å². The van der Waals surface area contributed by atoms with E-state index >= 15 is 0 Å². The van der Waals surface area contributed by atoms with Crippen LogP contribution in [-0.4, -0.2) is 45.5 Å². The molecular formula is C16H31IN6O. The lowest BCUT2D eigenvalue weighted by atomic mass is 10.0. The zero-order valence-electron chi connectivity index (χ0n) is 14.8. The van der Waals surface area contributed by atoms with Crippen molar-refractivity contribution in [2.75, 3.05) is 19.7 Å². The first-order chi connectivity index (χ1) is 11.3. The summed E-state index contributed by atoms with van der Waals surface area (Å²) in [7, 11) is 0. The summed E-state index contributed by atoms with van der Waals surface area (Å²) in [6.45, 7) is 7.68. The summed E-state index contributed by atoms with van der Waals surface area (Å²) >= 11 is 0. The predicted octanol–water partition coefficient (Wildman–Crippen LogP) is 1.70. The van der Waals surface area contributed by atoms with E-state index in [4.69, 9.17) is 5.11 Å². The summed E-state index contributed by atoms with van der Waals surface area (Å²) < 4.78 is 2.18. The number of aromatic nitrogens is 3. The van der Waals surface area contributed by atoms with Crippen molar-refractivity contribution in [2.24, 2.45) is 10.9 Å². The molecule has 0 bridgehead atoms. The van der Waals surface area contributed by atoms with Gasteiger partial charge < -0.3 is 20.3 Å². The fourth-order valence-corrected chi connectivity index (χ4v) is 3.00. The van der Waals surface area contributed by atoms with Crippen LogP contribution in [0.1, 0.15) is 51.2 Å². The molecule has 0 aromatic carbocycles. The zero-order chi connectivity index (χ0) is 16.5. The Kier molecular flexibility index (Phi) is 10.2. The highest BCUT2D eigenvalue weighted by molar-refractivity contribution is 14.0. The first-order valence-electron chi connectivity index (χ1n) is 8.82. The van der Waals surface area contributed by atoms with Crippen molar-refractivity contribution < 1.29 is 5.11 Å². The molecule has 2 heterocycles. The fourth-order valence-electron chi connectivity index (χ4n) is 3.00. The Bertz CT molecular complexity index is 499. The van der Waals surface area contributed by atoms with Gasteiger partial charge in [-0.25, -0.2) is 4.99 Å². The number of aliphatic imine (C=N–C) groups is 1. The highest BCUT2D eigenvalue weighted by Crippen LogP contribution is 2.14. The van der Waals surface area contributed by atoms with Gasteiger partial charge in [-0.15, -0.1) is 34.2 Å². The largest absolute Gasteiger partial charge is 0.396 e. The molecular weight excluding hydrogens is 419 g/mol. The monoisotopic (exact) mass is 450 g/mol. The van der Waals surface area contributed by atoms with Gasteiger partial charge in [-0.1, -0.05) is 13.3 Å². The van der Waals surface area contributed by atoms with Gasteiger partial charge in [-0.05, 0) is 32.1 Å². The summed E-state index contributed by atoms with van der Waals surface area (Å²) in [6, 6.07) is 0. The van der Waals surface area contributed by atoms with Crippen molar-refractivity contribution in [3.8, 4) is 0 Å². The van der Waals surface area contributed by atoms with Crippen LogP contribution in [-0.2, 0) is 19.5 Å². The third kappa shape index (κ3) is 6.19. The van der Waals surface area contributed by atoms with Crippen LogP contribution >= 0.6 is 24.0 Å². The number of aliphatic hydroxyl groups is 1. The molecule has 0 spiro atoms. The van der Waals surface area contributed by atoms with Crippen molar-refractivity contribution in [1.82, 2.24) is 25.4 Å². The Morgan fingerprint density at radius 1 is 1.29 bits per heavy atom. The van der Waals surface area contributed by atoms with Crippen LogP contribution in [0.15, 0.2) is 4.99 Å². The lowest BCUT2D eigenvalue weighted by Crippen LogP contribution is -2.40. The second-order valence-corrected chi connectivity index (χ2v) is 6.03. The minimum absolute atomic E-state index is 0. The molecule has 0 amide bonds. The van der Waals surface area contributed by atoms with Crippen LogP contribution in [0.25, 0.3) is 0 Å². The molecule has 0 saturated carbocycles. The number of aliphatic hydroxyl groups excluding tert-OH is 1. The van der Waals surface area contributed by atoms with Crippen LogP contribution in [0.4, 0.5) is 0 Å². The van der Waals surface area contributed by atoms with E-state index in [9.17, 15) is 0 Å². The van der Waals surface area contributed by atoms with Gasteiger partial charge in [0.2, 0.25) is 0 Å². The quantitative estimate of drug-likeness (QED) is 0.303. The van der Waals surface area contributed by atoms with Gasteiger partial charge in [-0.3, -0.25) is 0 Å². The molecule has 1 aromatic rings. The molecule has 1 aromatic heterocycles. The normalized spacial score (nSPS) is 14.9. The molecule has 0 aliphatic carbocycles. The van der Waals surface area contributed by atoms with Gasteiger partial charge in [0.05, 0.1) is 0 Å². The SMILES string of the molecule is CCCC(CCO)CNC(=NCc1nnc2n1CCC2)NCC.I. The van der Waals surface area contributed by atoms with Crippen molar-refractivity contribution in [3.05, 3.63) is 11.6 Å². The molecule has 0 radical (unpaired) electrons. The Morgan fingerprint density at radius 3 is 2.83 bits per heavy atom. The second kappa shape index (κ2) is 11.6. The number of rotatable bonds is 9.